The van der Waals surface area contributed by atoms with Crippen molar-refractivity contribution in [3.63, 3.8) is 0 Å². The van der Waals surface area contributed by atoms with Gasteiger partial charge in [0.2, 0.25) is 0 Å². The molecule has 0 fully saturated rings. The van der Waals surface area contributed by atoms with Crippen molar-refractivity contribution in [3.8, 4) is 5.69 Å². The first kappa shape index (κ1) is 15.6. The van der Waals surface area contributed by atoms with Gasteiger partial charge in [0.1, 0.15) is 0 Å². The van der Waals surface area contributed by atoms with Gasteiger partial charge < -0.3 is 4.57 Å². The normalized spacial score (nSPS) is 11.7. The van der Waals surface area contributed by atoms with Gasteiger partial charge in [0.25, 0.3) is 0 Å². The molecule has 1 aromatic carbocycles. The lowest BCUT2D eigenvalue weighted by atomic mass is 10.1. The van der Waals surface area contributed by atoms with E-state index in [1.807, 2.05) is 0 Å². The molecule has 0 saturated heterocycles. The van der Waals surface area contributed by atoms with Gasteiger partial charge in [-0.1, -0.05) is 6.07 Å². The zero-order chi connectivity index (χ0) is 15.8. The quantitative estimate of drug-likeness (QED) is 0.602. The van der Waals surface area contributed by atoms with Crippen molar-refractivity contribution < 1.29 is 18.0 Å². The van der Waals surface area contributed by atoms with Gasteiger partial charge in [0, 0.05) is 22.6 Å². The number of hydrogen-bond acceptors (Lipinski definition) is 1. The fourth-order valence-electron chi connectivity index (χ4n) is 2.34. The Hall–Kier alpha value is -1.75. The molecule has 2 rings (SSSR count). The molecule has 0 amide bonds. The standard InChI is InChI=1S/C15H13ClF3NO/c1-9-6-13(14(21)8-16)10(2)20(9)12-5-3-4-11(7-12)15(17,18)19/h3-7H,8H2,1-2H3. The summed E-state index contributed by atoms with van der Waals surface area (Å²) in [5, 5.41) is 0. The van der Waals surface area contributed by atoms with Crippen molar-refractivity contribution in [1.82, 2.24) is 4.57 Å². The molecule has 0 radical (unpaired) electrons. The first-order valence-corrected chi connectivity index (χ1v) is 6.75. The highest BCUT2D eigenvalue weighted by molar-refractivity contribution is 6.30. The molecule has 0 N–H and O–H groups in total. The summed E-state index contributed by atoms with van der Waals surface area (Å²) in [6.07, 6.45) is -4.40. The molecule has 0 bridgehead atoms. The number of aryl methyl sites for hydroxylation is 1. The van der Waals surface area contributed by atoms with E-state index in [0.29, 0.717) is 22.6 Å². The minimum Gasteiger partial charge on any atom is -0.318 e. The van der Waals surface area contributed by atoms with E-state index in [4.69, 9.17) is 11.6 Å². The van der Waals surface area contributed by atoms with E-state index in [0.717, 1.165) is 12.1 Å². The molecule has 1 aromatic heterocycles. The van der Waals surface area contributed by atoms with Crippen molar-refractivity contribution in [3.05, 3.63) is 52.8 Å². The summed E-state index contributed by atoms with van der Waals surface area (Å²) < 4.78 is 40.0. The van der Waals surface area contributed by atoms with Gasteiger partial charge in [-0.05, 0) is 38.1 Å². The lowest BCUT2D eigenvalue weighted by Crippen LogP contribution is -2.08. The second-order valence-electron chi connectivity index (χ2n) is 4.73. The van der Waals surface area contributed by atoms with Crippen LogP contribution in [-0.4, -0.2) is 16.2 Å². The summed E-state index contributed by atoms with van der Waals surface area (Å²) in [5.41, 5.74) is 1.34. The fraction of sp³-hybridized carbons (Fsp3) is 0.267. The van der Waals surface area contributed by atoms with Gasteiger partial charge in [-0.2, -0.15) is 13.2 Å². The maximum absolute atomic E-state index is 12.8. The van der Waals surface area contributed by atoms with Crippen LogP contribution in [0.4, 0.5) is 13.2 Å². The van der Waals surface area contributed by atoms with E-state index in [-0.39, 0.29) is 11.7 Å². The Morgan fingerprint density at radius 3 is 2.48 bits per heavy atom. The number of rotatable bonds is 3. The van der Waals surface area contributed by atoms with Crippen LogP contribution in [0.1, 0.15) is 27.3 Å². The third-order valence-electron chi connectivity index (χ3n) is 3.28. The number of benzene rings is 1. The van der Waals surface area contributed by atoms with Crippen molar-refractivity contribution in [2.75, 3.05) is 5.88 Å². The molecule has 21 heavy (non-hydrogen) atoms. The number of carbonyl (C=O) groups is 1. The molecule has 2 nitrogen and oxygen atoms in total. The second kappa shape index (κ2) is 5.56. The van der Waals surface area contributed by atoms with Crippen molar-refractivity contribution in [2.24, 2.45) is 0 Å². The van der Waals surface area contributed by atoms with Crippen LogP contribution >= 0.6 is 11.6 Å². The molecule has 0 atom stereocenters. The summed E-state index contributed by atoms with van der Waals surface area (Å²) in [6.45, 7) is 3.42. The number of hydrogen-bond donors (Lipinski definition) is 0. The minimum absolute atomic E-state index is 0.160. The summed E-state index contributed by atoms with van der Waals surface area (Å²) in [7, 11) is 0. The average Bonchev–Trinajstić information content (AvgIpc) is 2.72. The predicted molar refractivity (Wildman–Crippen MR) is 75.3 cm³/mol. The smallest absolute Gasteiger partial charge is 0.318 e. The Labute approximate surface area is 125 Å². The molecule has 0 saturated carbocycles. The molecule has 112 valence electrons. The largest absolute Gasteiger partial charge is 0.416 e. The van der Waals surface area contributed by atoms with E-state index in [1.165, 1.54) is 6.07 Å². The lowest BCUT2D eigenvalue weighted by molar-refractivity contribution is -0.137. The first-order valence-electron chi connectivity index (χ1n) is 6.21. The van der Waals surface area contributed by atoms with Crippen LogP contribution in [0.5, 0.6) is 0 Å². The van der Waals surface area contributed by atoms with E-state index >= 15 is 0 Å². The van der Waals surface area contributed by atoms with Gasteiger partial charge in [0.15, 0.2) is 5.78 Å². The molecule has 1 heterocycles. The van der Waals surface area contributed by atoms with Gasteiger partial charge >= 0.3 is 6.18 Å². The number of aromatic nitrogens is 1. The van der Waals surface area contributed by atoms with Gasteiger partial charge in [0.05, 0.1) is 11.4 Å². The van der Waals surface area contributed by atoms with Crippen LogP contribution in [0.2, 0.25) is 0 Å². The zero-order valence-electron chi connectivity index (χ0n) is 11.5. The highest BCUT2D eigenvalue weighted by atomic mass is 35.5. The molecular weight excluding hydrogens is 303 g/mol. The molecule has 0 spiro atoms. The van der Waals surface area contributed by atoms with Gasteiger partial charge in [-0.3, -0.25) is 4.79 Å². The first-order chi connectivity index (χ1) is 9.75. The number of halogens is 4. The van der Waals surface area contributed by atoms with Crippen molar-refractivity contribution >= 4 is 17.4 Å². The monoisotopic (exact) mass is 315 g/mol. The minimum atomic E-state index is -4.40. The van der Waals surface area contributed by atoms with Crippen LogP contribution in [0.25, 0.3) is 5.69 Å². The summed E-state index contributed by atoms with van der Waals surface area (Å²) in [4.78, 5) is 11.7. The molecule has 0 aliphatic rings. The van der Waals surface area contributed by atoms with Gasteiger partial charge in [-0.15, -0.1) is 11.6 Å². The fourth-order valence-corrected chi connectivity index (χ4v) is 2.48. The van der Waals surface area contributed by atoms with Crippen molar-refractivity contribution in [2.45, 2.75) is 20.0 Å². The molecule has 0 aliphatic heterocycles. The maximum atomic E-state index is 12.8. The summed E-state index contributed by atoms with van der Waals surface area (Å²) in [5.74, 6) is -0.407. The molecular formula is C15H13ClF3NO. The van der Waals surface area contributed by atoms with Crippen LogP contribution in [0.15, 0.2) is 30.3 Å². The molecule has 0 unspecified atom stereocenters. The Bertz CT molecular complexity index is 689. The highest BCUT2D eigenvalue weighted by Crippen LogP contribution is 2.31. The molecule has 2 aromatic rings. The number of Topliss-reactive ketones (excluding diaryl/α,β-unsaturated/α-hetero) is 1. The van der Waals surface area contributed by atoms with E-state index in [1.54, 1.807) is 30.5 Å². The predicted octanol–water partition coefficient (Wildman–Crippen LogP) is 4.53. The topological polar surface area (TPSA) is 22.0 Å². The van der Waals surface area contributed by atoms with Crippen LogP contribution in [0.3, 0.4) is 0 Å². The Balaban J connectivity index is 2.58. The number of carbonyl (C=O) groups excluding carboxylic acids is 1. The third-order valence-corrected chi connectivity index (χ3v) is 3.53. The molecule has 0 aliphatic carbocycles. The van der Waals surface area contributed by atoms with Crippen LogP contribution in [0, 0.1) is 13.8 Å². The summed E-state index contributed by atoms with van der Waals surface area (Å²) >= 11 is 5.54. The average molecular weight is 316 g/mol. The lowest BCUT2D eigenvalue weighted by Gasteiger charge is -2.13. The number of ketones is 1. The van der Waals surface area contributed by atoms with Gasteiger partial charge in [-0.25, -0.2) is 0 Å². The number of nitrogens with zero attached hydrogens (tertiary/aromatic N) is 1. The van der Waals surface area contributed by atoms with E-state index < -0.39 is 11.7 Å². The third kappa shape index (κ3) is 2.97. The zero-order valence-corrected chi connectivity index (χ0v) is 12.2. The highest BCUT2D eigenvalue weighted by Gasteiger charge is 2.30. The van der Waals surface area contributed by atoms with E-state index in [9.17, 15) is 18.0 Å². The Kier molecular flexibility index (Phi) is 4.14. The van der Waals surface area contributed by atoms with Crippen molar-refractivity contribution in [1.29, 1.82) is 0 Å². The molecule has 6 heteroatoms. The Morgan fingerprint density at radius 2 is 1.90 bits per heavy atom. The SMILES string of the molecule is Cc1cc(C(=O)CCl)c(C)n1-c1cccc(C(F)(F)F)c1. The maximum Gasteiger partial charge on any atom is 0.416 e. The van der Waals surface area contributed by atoms with Crippen LogP contribution in [-0.2, 0) is 6.18 Å². The summed E-state index contributed by atoms with van der Waals surface area (Å²) in [6, 6.07) is 6.64. The number of alkyl halides is 4. The van der Waals surface area contributed by atoms with Crippen LogP contribution < -0.4 is 0 Å². The second-order valence-corrected chi connectivity index (χ2v) is 4.99. The van der Waals surface area contributed by atoms with E-state index in [2.05, 4.69) is 0 Å². The Morgan fingerprint density at radius 1 is 1.24 bits per heavy atom.